The molecule has 0 amide bonds. The maximum Gasteiger partial charge on any atom is 0.335 e. The van der Waals surface area contributed by atoms with Crippen LogP contribution in [0.4, 0.5) is 0 Å². The molecule has 0 aromatic heterocycles. The minimum Gasteiger partial charge on any atom is -0.490 e. The maximum atomic E-state index is 10.9. The zero-order valence-corrected chi connectivity index (χ0v) is 18.4. The van der Waals surface area contributed by atoms with Gasteiger partial charge in [0.2, 0.25) is 0 Å². The topological polar surface area (TPSA) is 67.8 Å². The minimum atomic E-state index is -0.928. The zero-order chi connectivity index (χ0) is 22.2. The smallest absolute Gasteiger partial charge is 0.335 e. The standard InChI is InChI=1S/C25H26ClNO4/c1-3-30-23-13-20(15-27-14-18-7-9-21(10-8-18)25(28)29)12-22(26)24(23)31-16-19-6-4-5-17(2)11-19/h4-13,27H,3,14-16H2,1-2H3,(H,28,29). The molecule has 3 aromatic rings. The predicted molar refractivity (Wildman–Crippen MR) is 122 cm³/mol. The molecule has 0 unspecified atom stereocenters. The monoisotopic (exact) mass is 439 g/mol. The van der Waals surface area contributed by atoms with E-state index < -0.39 is 5.97 Å². The molecule has 0 atom stereocenters. The Balaban J connectivity index is 1.65. The highest BCUT2D eigenvalue weighted by molar-refractivity contribution is 6.32. The van der Waals surface area contributed by atoms with Crippen LogP contribution in [0.3, 0.4) is 0 Å². The lowest BCUT2D eigenvalue weighted by molar-refractivity contribution is 0.0697. The van der Waals surface area contributed by atoms with E-state index in [2.05, 4.69) is 11.4 Å². The van der Waals surface area contributed by atoms with Crippen LogP contribution in [-0.2, 0) is 19.7 Å². The third kappa shape index (κ3) is 6.48. The van der Waals surface area contributed by atoms with Gasteiger partial charge in [0.25, 0.3) is 0 Å². The number of aromatic carboxylic acids is 1. The van der Waals surface area contributed by atoms with Crippen molar-refractivity contribution < 1.29 is 19.4 Å². The number of benzene rings is 3. The van der Waals surface area contributed by atoms with E-state index in [1.165, 1.54) is 5.56 Å². The van der Waals surface area contributed by atoms with Gasteiger partial charge in [-0.3, -0.25) is 0 Å². The van der Waals surface area contributed by atoms with E-state index in [0.29, 0.717) is 42.8 Å². The molecule has 0 bridgehead atoms. The molecule has 0 radical (unpaired) electrons. The Labute approximate surface area is 187 Å². The molecule has 0 aliphatic rings. The van der Waals surface area contributed by atoms with Gasteiger partial charge >= 0.3 is 5.97 Å². The highest BCUT2D eigenvalue weighted by Crippen LogP contribution is 2.37. The molecule has 0 heterocycles. The summed E-state index contributed by atoms with van der Waals surface area (Å²) in [7, 11) is 0. The lowest BCUT2D eigenvalue weighted by Gasteiger charge is -2.16. The molecular formula is C25H26ClNO4. The van der Waals surface area contributed by atoms with Crippen molar-refractivity contribution in [2.45, 2.75) is 33.5 Å². The fourth-order valence-electron chi connectivity index (χ4n) is 3.20. The van der Waals surface area contributed by atoms with Crippen molar-refractivity contribution in [3.63, 3.8) is 0 Å². The molecule has 0 aliphatic carbocycles. The van der Waals surface area contributed by atoms with Gasteiger partial charge in [-0.2, -0.15) is 0 Å². The highest BCUT2D eigenvalue weighted by atomic mass is 35.5. The third-order valence-corrected chi connectivity index (χ3v) is 4.97. The summed E-state index contributed by atoms with van der Waals surface area (Å²) in [5.41, 5.74) is 4.49. The van der Waals surface area contributed by atoms with Crippen LogP contribution < -0.4 is 14.8 Å². The number of halogens is 1. The van der Waals surface area contributed by atoms with E-state index in [1.807, 2.05) is 44.2 Å². The average Bonchev–Trinajstić information content (AvgIpc) is 2.74. The van der Waals surface area contributed by atoms with Crippen LogP contribution in [0.25, 0.3) is 0 Å². The Bertz CT molecular complexity index is 1030. The molecule has 6 heteroatoms. The van der Waals surface area contributed by atoms with Crippen molar-refractivity contribution >= 4 is 17.6 Å². The summed E-state index contributed by atoms with van der Waals surface area (Å²) < 4.78 is 11.8. The molecule has 0 spiro atoms. The number of ether oxygens (including phenoxy) is 2. The summed E-state index contributed by atoms with van der Waals surface area (Å²) in [4.78, 5) is 10.9. The number of carbonyl (C=O) groups is 1. The van der Waals surface area contributed by atoms with E-state index in [-0.39, 0.29) is 5.56 Å². The molecule has 3 rings (SSSR count). The molecule has 162 valence electrons. The second kappa shape index (κ2) is 10.8. The first-order valence-electron chi connectivity index (χ1n) is 10.1. The molecule has 0 aliphatic heterocycles. The van der Waals surface area contributed by atoms with Crippen LogP contribution in [0.2, 0.25) is 5.02 Å². The molecule has 0 saturated carbocycles. The first-order chi connectivity index (χ1) is 15.0. The molecule has 0 saturated heterocycles. The predicted octanol–water partition coefficient (Wildman–Crippen LogP) is 5.61. The fraction of sp³-hybridized carbons (Fsp3) is 0.240. The van der Waals surface area contributed by atoms with Crippen LogP contribution in [0.5, 0.6) is 11.5 Å². The van der Waals surface area contributed by atoms with Gasteiger partial charge in [-0.1, -0.05) is 53.6 Å². The van der Waals surface area contributed by atoms with Gasteiger partial charge < -0.3 is 19.9 Å². The highest BCUT2D eigenvalue weighted by Gasteiger charge is 2.13. The third-order valence-electron chi connectivity index (χ3n) is 4.69. The lowest BCUT2D eigenvalue weighted by atomic mass is 10.1. The second-order valence-electron chi connectivity index (χ2n) is 7.22. The van der Waals surface area contributed by atoms with E-state index in [0.717, 1.165) is 16.7 Å². The number of nitrogens with one attached hydrogen (secondary N) is 1. The number of aryl methyl sites for hydroxylation is 1. The summed E-state index contributed by atoms with van der Waals surface area (Å²) in [6.07, 6.45) is 0. The molecule has 2 N–H and O–H groups in total. The maximum absolute atomic E-state index is 10.9. The van der Waals surface area contributed by atoms with Gasteiger partial charge in [0.1, 0.15) is 6.61 Å². The van der Waals surface area contributed by atoms with Gasteiger partial charge in [-0.25, -0.2) is 4.79 Å². The van der Waals surface area contributed by atoms with Crippen molar-refractivity contribution in [2.75, 3.05) is 6.61 Å². The van der Waals surface area contributed by atoms with Crippen LogP contribution in [0.15, 0.2) is 60.7 Å². The quantitative estimate of drug-likeness (QED) is 0.429. The van der Waals surface area contributed by atoms with Crippen molar-refractivity contribution in [3.8, 4) is 11.5 Å². The Kier molecular flexibility index (Phi) is 7.93. The van der Waals surface area contributed by atoms with E-state index in [4.69, 9.17) is 26.2 Å². The Hall–Kier alpha value is -3.02. The summed E-state index contributed by atoms with van der Waals surface area (Å²) in [6.45, 7) is 6.06. The lowest BCUT2D eigenvalue weighted by Crippen LogP contribution is -2.13. The van der Waals surface area contributed by atoms with Gasteiger partial charge in [-0.15, -0.1) is 0 Å². The Morgan fingerprint density at radius 3 is 2.39 bits per heavy atom. The van der Waals surface area contributed by atoms with Crippen LogP contribution in [0.1, 0.15) is 39.5 Å². The van der Waals surface area contributed by atoms with Crippen LogP contribution in [-0.4, -0.2) is 17.7 Å². The first-order valence-corrected chi connectivity index (χ1v) is 10.5. The number of hydrogen-bond acceptors (Lipinski definition) is 4. The zero-order valence-electron chi connectivity index (χ0n) is 17.7. The largest absolute Gasteiger partial charge is 0.490 e. The van der Waals surface area contributed by atoms with E-state index >= 15 is 0 Å². The van der Waals surface area contributed by atoms with Crippen molar-refractivity contribution in [3.05, 3.63) is 93.5 Å². The number of hydrogen-bond donors (Lipinski definition) is 2. The van der Waals surface area contributed by atoms with Crippen molar-refractivity contribution in [2.24, 2.45) is 0 Å². The normalized spacial score (nSPS) is 10.7. The summed E-state index contributed by atoms with van der Waals surface area (Å²) in [5.74, 6) is 0.227. The average molecular weight is 440 g/mol. The summed E-state index contributed by atoms with van der Waals surface area (Å²) >= 11 is 6.52. The van der Waals surface area contributed by atoms with E-state index in [1.54, 1.807) is 24.3 Å². The minimum absolute atomic E-state index is 0.276. The van der Waals surface area contributed by atoms with Gasteiger partial charge in [0.15, 0.2) is 11.5 Å². The van der Waals surface area contributed by atoms with Crippen molar-refractivity contribution in [1.29, 1.82) is 0 Å². The molecule has 0 fully saturated rings. The van der Waals surface area contributed by atoms with Gasteiger partial charge in [0, 0.05) is 13.1 Å². The molecule has 3 aromatic carbocycles. The SMILES string of the molecule is CCOc1cc(CNCc2ccc(C(=O)O)cc2)cc(Cl)c1OCc1cccc(C)c1. The number of carboxylic acids is 1. The van der Waals surface area contributed by atoms with Gasteiger partial charge in [0.05, 0.1) is 17.2 Å². The van der Waals surface area contributed by atoms with E-state index in [9.17, 15) is 4.79 Å². The molecular weight excluding hydrogens is 414 g/mol. The first kappa shape index (κ1) is 22.7. The second-order valence-corrected chi connectivity index (χ2v) is 7.63. The molecule has 31 heavy (non-hydrogen) atoms. The van der Waals surface area contributed by atoms with Crippen molar-refractivity contribution in [1.82, 2.24) is 5.32 Å². The Morgan fingerprint density at radius 1 is 0.968 bits per heavy atom. The Morgan fingerprint density at radius 2 is 1.71 bits per heavy atom. The van der Waals surface area contributed by atoms with Crippen LogP contribution in [0, 0.1) is 6.92 Å². The molecule has 5 nitrogen and oxygen atoms in total. The van der Waals surface area contributed by atoms with Gasteiger partial charge in [-0.05, 0) is 54.8 Å². The number of rotatable bonds is 10. The number of carboxylic acid groups (broad SMARTS) is 1. The van der Waals surface area contributed by atoms with Crippen LogP contribution >= 0.6 is 11.6 Å². The summed E-state index contributed by atoms with van der Waals surface area (Å²) in [6, 6.07) is 18.8. The summed E-state index contributed by atoms with van der Waals surface area (Å²) in [5, 5.41) is 12.8. The fourth-order valence-corrected chi connectivity index (χ4v) is 3.49.